The first-order valence-corrected chi connectivity index (χ1v) is 7.91. The molecule has 0 spiro atoms. The van der Waals surface area contributed by atoms with Gasteiger partial charge in [0, 0.05) is 10.2 Å². The molecule has 0 saturated heterocycles. The topological polar surface area (TPSA) is 41.6 Å². The number of nitrogens with zero attached hydrogens (tertiary/aromatic N) is 2. The number of rotatable bonds is 2. The Hall–Kier alpha value is -1.23. The SMILES string of the molecule is NC1=NCC(c2cccc(Cl)c2Cl)N1c1cccc(Br)c1. The van der Waals surface area contributed by atoms with Crippen molar-refractivity contribution in [2.75, 3.05) is 11.4 Å². The molecular formula is C15H12BrCl2N3. The second kappa shape index (κ2) is 5.87. The Labute approximate surface area is 141 Å². The molecule has 1 unspecified atom stereocenters. The van der Waals surface area contributed by atoms with Crippen molar-refractivity contribution < 1.29 is 0 Å². The van der Waals surface area contributed by atoms with E-state index < -0.39 is 0 Å². The minimum Gasteiger partial charge on any atom is -0.369 e. The quantitative estimate of drug-likeness (QED) is 0.819. The Kier molecular flexibility index (Phi) is 4.11. The zero-order chi connectivity index (χ0) is 15.0. The van der Waals surface area contributed by atoms with E-state index in [9.17, 15) is 0 Å². The molecule has 1 atom stereocenters. The summed E-state index contributed by atoms with van der Waals surface area (Å²) in [5, 5.41) is 1.09. The highest BCUT2D eigenvalue weighted by Crippen LogP contribution is 2.37. The van der Waals surface area contributed by atoms with Crippen LogP contribution in [-0.4, -0.2) is 12.5 Å². The molecule has 2 N–H and O–H groups in total. The van der Waals surface area contributed by atoms with Gasteiger partial charge in [0.2, 0.25) is 0 Å². The number of nitrogens with two attached hydrogens (primary N) is 1. The van der Waals surface area contributed by atoms with E-state index in [4.69, 9.17) is 28.9 Å². The zero-order valence-electron chi connectivity index (χ0n) is 10.9. The zero-order valence-corrected chi connectivity index (χ0v) is 14.0. The van der Waals surface area contributed by atoms with Crippen LogP contribution in [0, 0.1) is 0 Å². The number of guanidine groups is 1. The lowest BCUT2D eigenvalue weighted by Crippen LogP contribution is -2.36. The van der Waals surface area contributed by atoms with E-state index in [-0.39, 0.29) is 6.04 Å². The molecule has 3 nitrogen and oxygen atoms in total. The third-order valence-electron chi connectivity index (χ3n) is 3.41. The van der Waals surface area contributed by atoms with Gasteiger partial charge in [0.15, 0.2) is 5.96 Å². The summed E-state index contributed by atoms with van der Waals surface area (Å²) in [6, 6.07) is 13.5. The highest BCUT2D eigenvalue weighted by atomic mass is 79.9. The molecule has 0 aromatic heterocycles. The Morgan fingerprint density at radius 3 is 2.71 bits per heavy atom. The van der Waals surface area contributed by atoms with E-state index in [1.54, 1.807) is 6.07 Å². The summed E-state index contributed by atoms with van der Waals surface area (Å²) in [6.07, 6.45) is 0. The molecule has 0 aliphatic carbocycles. The van der Waals surface area contributed by atoms with Gasteiger partial charge >= 0.3 is 0 Å². The Morgan fingerprint density at radius 2 is 1.95 bits per heavy atom. The summed E-state index contributed by atoms with van der Waals surface area (Å²) in [7, 11) is 0. The van der Waals surface area contributed by atoms with Crippen molar-refractivity contribution in [2.24, 2.45) is 10.7 Å². The first-order valence-electron chi connectivity index (χ1n) is 6.36. The van der Waals surface area contributed by atoms with Gasteiger partial charge in [0.25, 0.3) is 0 Å². The second-order valence-corrected chi connectivity index (χ2v) is 6.41. The van der Waals surface area contributed by atoms with Gasteiger partial charge < -0.3 is 10.6 Å². The number of benzene rings is 2. The van der Waals surface area contributed by atoms with Crippen LogP contribution in [0.4, 0.5) is 5.69 Å². The lowest BCUT2D eigenvalue weighted by atomic mass is 10.1. The van der Waals surface area contributed by atoms with E-state index in [0.717, 1.165) is 15.7 Å². The average molecular weight is 385 g/mol. The normalized spacial score (nSPS) is 18.0. The van der Waals surface area contributed by atoms with Gasteiger partial charge in [-0.2, -0.15) is 0 Å². The van der Waals surface area contributed by atoms with Crippen LogP contribution in [0.15, 0.2) is 51.9 Å². The molecule has 0 saturated carbocycles. The molecule has 1 aliphatic rings. The first kappa shape index (κ1) is 14.7. The van der Waals surface area contributed by atoms with Crippen LogP contribution in [0.1, 0.15) is 11.6 Å². The third kappa shape index (κ3) is 2.76. The van der Waals surface area contributed by atoms with Gasteiger partial charge in [-0.25, -0.2) is 0 Å². The predicted octanol–water partition coefficient (Wildman–Crippen LogP) is 4.63. The van der Waals surface area contributed by atoms with Gasteiger partial charge in [-0.1, -0.05) is 57.3 Å². The minimum atomic E-state index is -0.0505. The first-order chi connectivity index (χ1) is 10.1. The van der Waals surface area contributed by atoms with E-state index in [2.05, 4.69) is 20.9 Å². The van der Waals surface area contributed by atoms with Crippen LogP contribution < -0.4 is 10.6 Å². The van der Waals surface area contributed by atoms with E-state index >= 15 is 0 Å². The number of aliphatic imine (C=N–C) groups is 1. The van der Waals surface area contributed by atoms with Crippen molar-refractivity contribution in [1.82, 2.24) is 0 Å². The molecule has 0 bridgehead atoms. The molecule has 2 aromatic rings. The van der Waals surface area contributed by atoms with E-state index in [0.29, 0.717) is 22.5 Å². The van der Waals surface area contributed by atoms with Crippen molar-refractivity contribution in [3.8, 4) is 0 Å². The van der Waals surface area contributed by atoms with Gasteiger partial charge in [0.1, 0.15) is 0 Å². The number of hydrogen-bond donors (Lipinski definition) is 1. The molecular weight excluding hydrogens is 373 g/mol. The molecule has 21 heavy (non-hydrogen) atoms. The fourth-order valence-electron chi connectivity index (χ4n) is 2.45. The third-order valence-corrected chi connectivity index (χ3v) is 4.74. The summed E-state index contributed by atoms with van der Waals surface area (Å²) in [6.45, 7) is 0.554. The van der Waals surface area contributed by atoms with Crippen molar-refractivity contribution in [3.05, 3.63) is 62.5 Å². The van der Waals surface area contributed by atoms with E-state index in [1.165, 1.54) is 0 Å². The Morgan fingerprint density at radius 1 is 1.19 bits per heavy atom. The fraction of sp³-hybridized carbons (Fsp3) is 0.133. The lowest BCUT2D eigenvalue weighted by Gasteiger charge is -2.27. The van der Waals surface area contributed by atoms with Gasteiger partial charge in [-0.3, -0.25) is 4.99 Å². The van der Waals surface area contributed by atoms with Crippen LogP contribution in [0.25, 0.3) is 0 Å². The maximum atomic E-state index is 6.35. The molecule has 1 aliphatic heterocycles. The number of anilines is 1. The molecule has 3 rings (SSSR count). The molecule has 0 amide bonds. The highest BCUT2D eigenvalue weighted by molar-refractivity contribution is 9.10. The van der Waals surface area contributed by atoms with Gasteiger partial charge in [0.05, 0.1) is 22.6 Å². The van der Waals surface area contributed by atoms with Crippen LogP contribution in [-0.2, 0) is 0 Å². The van der Waals surface area contributed by atoms with Gasteiger partial charge in [-0.15, -0.1) is 0 Å². The summed E-state index contributed by atoms with van der Waals surface area (Å²) in [5.74, 6) is 0.481. The standard InChI is InChI=1S/C15H12BrCl2N3/c16-9-3-1-4-10(7-9)21-13(8-20-15(21)19)11-5-2-6-12(17)14(11)18/h1-7,13H,8H2,(H2,19,20). The average Bonchev–Trinajstić information content (AvgIpc) is 2.83. The van der Waals surface area contributed by atoms with Crippen LogP contribution in [0.3, 0.4) is 0 Å². The molecule has 1 heterocycles. The molecule has 108 valence electrons. The predicted molar refractivity (Wildman–Crippen MR) is 92.3 cm³/mol. The Balaban J connectivity index is 2.05. The summed E-state index contributed by atoms with van der Waals surface area (Å²) in [4.78, 5) is 6.33. The summed E-state index contributed by atoms with van der Waals surface area (Å²) < 4.78 is 0.982. The largest absolute Gasteiger partial charge is 0.369 e. The van der Waals surface area contributed by atoms with Crippen molar-refractivity contribution in [3.63, 3.8) is 0 Å². The lowest BCUT2D eigenvalue weighted by molar-refractivity contribution is 0.769. The van der Waals surface area contributed by atoms with Crippen molar-refractivity contribution >= 4 is 50.8 Å². The summed E-state index contributed by atoms with van der Waals surface area (Å²) in [5.41, 5.74) is 7.95. The van der Waals surface area contributed by atoms with Crippen LogP contribution >= 0.6 is 39.1 Å². The smallest absolute Gasteiger partial charge is 0.196 e. The van der Waals surface area contributed by atoms with Crippen molar-refractivity contribution in [2.45, 2.75) is 6.04 Å². The maximum Gasteiger partial charge on any atom is 0.196 e. The number of halogens is 3. The molecule has 0 fully saturated rings. The van der Waals surface area contributed by atoms with Crippen LogP contribution in [0.2, 0.25) is 10.0 Å². The van der Waals surface area contributed by atoms with Crippen molar-refractivity contribution in [1.29, 1.82) is 0 Å². The molecule has 2 aromatic carbocycles. The number of hydrogen-bond acceptors (Lipinski definition) is 3. The monoisotopic (exact) mass is 383 g/mol. The highest BCUT2D eigenvalue weighted by Gasteiger charge is 2.30. The minimum absolute atomic E-state index is 0.0505. The van der Waals surface area contributed by atoms with E-state index in [1.807, 2.05) is 41.3 Å². The Bertz CT molecular complexity index is 718. The fourth-order valence-corrected chi connectivity index (χ4v) is 3.27. The van der Waals surface area contributed by atoms with Gasteiger partial charge in [-0.05, 0) is 29.8 Å². The van der Waals surface area contributed by atoms with Crippen LogP contribution in [0.5, 0.6) is 0 Å². The molecule has 6 heteroatoms. The second-order valence-electron chi connectivity index (χ2n) is 4.71. The maximum absolute atomic E-state index is 6.35. The summed E-state index contributed by atoms with van der Waals surface area (Å²) >= 11 is 15.9. The molecule has 0 radical (unpaired) electrons.